The first-order valence-electron chi connectivity index (χ1n) is 8.78. The van der Waals surface area contributed by atoms with Crippen molar-refractivity contribution >= 4 is 17.7 Å². The van der Waals surface area contributed by atoms with Crippen molar-refractivity contribution in [2.45, 2.75) is 20.4 Å². The summed E-state index contributed by atoms with van der Waals surface area (Å²) in [5, 5.41) is 3.29. The van der Waals surface area contributed by atoms with Gasteiger partial charge in [-0.2, -0.15) is 4.98 Å². The number of amides is 1. The molecule has 1 N–H and O–H groups in total. The Balaban J connectivity index is 1.69. The number of methoxy groups -OCH3 is 1. The van der Waals surface area contributed by atoms with Gasteiger partial charge in [0.05, 0.1) is 7.11 Å². The number of carbonyl (C=O) groups is 1. The predicted octanol–water partition coefficient (Wildman–Crippen LogP) is 2.07. The summed E-state index contributed by atoms with van der Waals surface area (Å²) in [6.07, 6.45) is 0. The Hall–Kier alpha value is -2.83. The van der Waals surface area contributed by atoms with E-state index >= 15 is 0 Å². The molecule has 1 aromatic heterocycles. The van der Waals surface area contributed by atoms with E-state index in [1.165, 1.54) is 0 Å². The van der Waals surface area contributed by atoms with Crippen LogP contribution in [0, 0.1) is 6.92 Å². The summed E-state index contributed by atoms with van der Waals surface area (Å²) in [6.45, 7) is 7.18. The SMILES string of the molecule is COc1ccccc1CNc1nc(C)cc(N2CCN(C(C)=O)CC2)n1. The molecule has 1 aliphatic heterocycles. The minimum Gasteiger partial charge on any atom is -0.496 e. The molecule has 2 aromatic rings. The maximum Gasteiger partial charge on any atom is 0.225 e. The third-order valence-electron chi connectivity index (χ3n) is 4.52. The fourth-order valence-electron chi connectivity index (χ4n) is 3.07. The van der Waals surface area contributed by atoms with Crippen LogP contribution in [-0.2, 0) is 11.3 Å². The third-order valence-corrected chi connectivity index (χ3v) is 4.52. The van der Waals surface area contributed by atoms with E-state index in [1.807, 2.05) is 42.2 Å². The molecule has 7 nitrogen and oxygen atoms in total. The van der Waals surface area contributed by atoms with Crippen molar-refractivity contribution in [1.29, 1.82) is 0 Å². The maximum absolute atomic E-state index is 11.5. The molecule has 3 rings (SSSR count). The van der Waals surface area contributed by atoms with E-state index in [2.05, 4.69) is 20.2 Å². The van der Waals surface area contributed by atoms with Crippen molar-refractivity contribution < 1.29 is 9.53 Å². The lowest BCUT2D eigenvalue weighted by Gasteiger charge is -2.35. The number of piperazine rings is 1. The fourth-order valence-corrected chi connectivity index (χ4v) is 3.07. The molecule has 0 spiro atoms. The highest BCUT2D eigenvalue weighted by Crippen LogP contribution is 2.20. The Morgan fingerprint density at radius 1 is 1.19 bits per heavy atom. The maximum atomic E-state index is 11.5. The topological polar surface area (TPSA) is 70.6 Å². The van der Waals surface area contributed by atoms with Gasteiger partial charge < -0.3 is 19.9 Å². The van der Waals surface area contributed by atoms with Gasteiger partial charge in [-0.1, -0.05) is 18.2 Å². The highest BCUT2D eigenvalue weighted by molar-refractivity contribution is 5.73. The van der Waals surface area contributed by atoms with Gasteiger partial charge >= 0.3 is 0 Å². The molecule has 0 aliphatic carbocycles. The molecule has 1 aromatic carbocycles. The van der Waals surface area contributed by atoms with Crippen LogP contribution in [-0.4, -0.2) is 54.1 Å². The quantitative estimate of drug-likeness (QED) is 0.885. The number of rotatable bonds is 5. The van der Waals surface area contributed by atoms with Gasteiger partial charge in [0.2, 0.25) is 11.9 Å². The molecule has 0 unspecified atom stereocenters. The summed E-state index contributed by atoms with van der Waals surface area (Å²) in [6, 6.07) is 9.87. The largest absolute Gasteiger partial charge is 0.496 e. The Morgan fingerprint density at radius 2 is 1.92 bits per heavy atom. The Bertz CT molecular complexity index is 772. The van der Waals surface area contributed by atoms with Crippen LogP contribution in [0.4, 0.5) is 11.8 Å². The van der Waals surface area contributed by atoms with Crippen molar-refractivity contribution in [2.75, 3.05) is 43.5 Å². The molecular formula is C19H25N5O2. The van der Waals surface area contributed by atoms with Gasteiger partial charge in [0.1, 0.15) is 11.6 Å². The predicted molar refractivity (Wildman–Crippen MR) is 102 cm³/mol. The van der Waals surface area contributed by atoms with Crippen molar-refractivity contribution in [3.8, 4) is 5.75 Å². The van der Waals surface area contributed by atoms with E-state index in [9.17, 15) is 4.79 Å². The van der Waals surface area contributed by atoms with E-state index in [-0.39, 0.29) is 5.91 Å². The molecule has 1 saturated heterocycles. The highest BCUT2D eigenvalue weighted by atomic mass is 16.5. The zero-order valence-electron chi connectivity index (χ0n) is 15.5. The number of anilines is 2. The van der Waals surface area contributed by atoms with Crippen molar-refractivity contribution in [1.82, 2.24) is 14.9 Å². The lowest BCUT2D eigenvalue weighted by atomic mass is 10.2. The average Bonchev–Trinajstić information content (AvgIpc) is 2.66. The number of hydrogen-bond acceptors (Lipinski definition) is 6. The minimum absolute atomic E-state index is 0.127. The third kappa shape index (κ3) is 4.22. The Kier molecular flexibility index (Phi) is 5.55. The van der Waals surface area contributed by atoms with Gasteiger partial charge in [0, 0.05) is 57.0 Å². The number of aryl methyl sites for hydroxylation is 1. The van der Waals surface area contributed by atoms with Crippen LogP contribution in [0.3, 0.4) is 0 Å². The number of ether oxygens (including phenoxy) is 1. The van der Waals surface area contributed by atoms with Gasteiger partial charge in [0.25, 0.3) is 0 Å². The first kappa shape index (κ1) is 18.0. The number of hydrogen-bond donors (Lipinski definition) is 1. The van der Waals surface area contributed by atoms with Crippen molar-refractivity contribution in [3.05, 3.63) is 41.6 Å². The second-order valence-corrected chi connectivity index (χ2v) is 6.35. The molecular weight excluding hydrogens is 330 g/mol. The van der Waals surface area contributed by atoms with Crippen LogP contribution in [0.2, 0.25) is 0 Å². The summed E-state index contributed by atoms with van der Waals surface area (Å²) in [4.78, 5) is 24.7. The summed E-state index contributed by atoms with van der Waals surface area (Å²) in [5.41, 5.74) is 1.96. The molecule has 0 atom stereocenters. The lowest BCUT2D eigenvalue weighted by Crippen LogP contribution is -2.48. The van der Waals surface area contributed by atoms with Crippen LogP contribution < -0.4 is 15.0 Å². The first-order chi connectivity index (χ1) is 12.6. The number of para-hydroxylation sites is 1. The van der Waals surface area contributed by atoms with Gasteiger partial charge in [0.15, 0.2) is 0 Å². The van der Waals surface area contributed by atoms with E-state index in [0.29, 0.717) is 12.5 Å². The van der Waals surface area contributed by atoms with Gasteiger partial charge in [-0.05, 0) is 13.0 Å². The van der Waals surface area contributed by atoms with Crippen LogP contribution in [0.25, 0.3) is 0 Å². The van der Waals surface area contributed by atoms with Crippen LogP contribution in [0.15, 0.2) is 30.3 Å². The van der Waals surface area contributed by atoms with Crippen LogP contribution >= 0.6 is 0 Å². The second kappa shape index (κ2) is 8.03. The molecule has 2 heterocycles. The standard InChI is InChI=1S/C19H25N5O2/c1-14-12-18(24-10-8-23(9-11-24)15(2)25)22-19(21-14)20-13-16-6-4-5-7-17(16)26-3/h4-7,12H,8-11,13H2,1-3H3,(H,20,21,22). The number of aromatic nitrogens is 2. The van der Waals surface area contributed by atoms with Crippen LogP contribution in [0.5, 0.6) is 5.75 Å². The van der Waals surface area contributed by atoms with Gasteiger partial charge in [-0.25, -0.2) is 4.98 Å². The lowest BCUT2D eigenvalue weighted by molar-refractivity contribution is -0.129. The molecule has 0 saturated carbocycles. The summed E-state index contributed by atoms with van der Waals surface area (Å²) in [5.74, 6) is 2.46. The van der Waals surface area contributed by atoms with E-state index in [4.69, 9.17) is 4.74 Å². The molecule has 0 bridgehead atoms. The molecule has 7 heteroatoms. The molecule has 138 valence electrons. The van der Waals surface area contributed by atoms with Crippen molar-refractivity contribution in [3.63, 3.8) is 0 Å². The zero-order valence-corrected chi connectivity index (χ0v) is 15.5. The Labute approximate surface area is 154 Å². The summed E-state index contributed by atoms with van der Waals surface area (Å²) >= 11 is 0. The van der Waals surface area contributed by atoms with Crippen molar-refractivity contribution in [2.24, 2.45) is 0 Å². The average molecular weight is 355 g/mol. The first-order valence-corrected chi connectivity index (χ1v) is 8.78. The molecule has 1 amide bonds. The second-order valence-electron chi connectivity index (χ2n) is 6.35. The van der Waals surface area contributed by atoms with Crippen LogP contribution in [0.1, 0.15) is 18.2 Å². The smallest absolute Gasteiger partial charge is 0.225 e. The summed E-state index contributed by atoms with van der Waals surface area (Å²) in [7, 11) is 1.67. The van der Waals surface area contributed by atoms with E-state index in [0.717, 1.165) is 49.0 Å². The van der Waals surface area contributed by atoms with Gasteiger partial charge in [-0.15, -0.1) is 0 Å². The normalized spacial score (nSPS) is 14.3. The van der Waals surface area contributed by atoms with E-state index in [1.54, 1.807) is 14.0 Å². The molecule has 1 fully saturated rings. The Morgan fingerprint density at radius 3 is 2.62 bits per heavy atom. The highest BCUT2D eigenvalue weighted by Gasteiger charge is 2.20. The van der Waals surface area contributed by atoms with Gasteiger partial charge in [-0.3, -0.25) is 4.79 Å². The molecule has 1 aliphatic rings. The fraction of sp³-hybridized carbons (Fsp3) is 0.421. The number of benzene rings is 1. The molecule has 26 heavy (non-hydrogen) atoms. The number of carbonyl (C=O) groups excluding carboxylic acids is 1. The van der Waals surface area contributed by atoms with E-state index < -0.39 is 0 Å². The number of nitrogens with zero attached hydrogens (tertiary/aromatic N) is 4. The monoisotopic (exact) mass is 355 g/mol. The minimum atomic E-state index is 0.127. The number of nitrogens with one attached hydrogen (secondary N) is 1. The zero-order chi connectivity index (χ0) is 18.5. The summed E-state index contributed by atoms with van der Waals surface area (Å²) < 4.78 is 5.38. The molecule has 0 radical (unpaired) electrons.